The predicted molar refractivity (Wildman–Crippen MR) is 75.3 cm³/mol. The van der Waals surface area contributed by atoms with Crippen molar-refractivity contribution in [1.82, 2.24) is 0 Å². The summed E-state index contributed by atoms with van der Waals surface area (Å²) in [5.74, 6) is 0.842. The van der Waals surface area contributed by atoms with Crippen molar-refractivity contribution in [2.45, 2.75) is 0 Å². The smallest absolute Gasteiger partial charge is 0.120 e. The first-order chi connectivity index (χ1) is 8.19. The van der Waals surface area contributed by atoms with E-state index < -0.39 is 0 Å². The van der Waals surface area contributed by atoms with Crippen molar-refractivity contribution in [3.8, 4) is 5.75 Å². The summed E-state index contributed by atoms with van der Waals surface area (Å²) in [6.45, 7) is 4.74. The topological polar surface area (TPSA) is 35.2 Å². The first-order valence-electron chi connectivity index (χ1n) is 5.38. The Morgan fingerprint density at radius 2 is 1.88 bits per heavy atom. The van der Waals surface area contributed by atoms with Crippen molar-refractivity contribution in [2.24, 2.45) is 5.73 Å². The van der Waals surface area contributed by atoms with Crippen LogP contribution in [-0.2, 0) is 0 Å². The van der Waals surface area contributed by atoms with Gasteiger partial charge in [-0.15, -0.1) is 0 Å². The molecule has 0 atom stereocenters. The molecule has 0 bridgehead atoms. The van der Waals surface area contributed by atoms with E-state index in [1.165, 1.54) is 5.39 Å². The van der Waals surface area contributed by atoms with Gasteiger partial charge in [-0.2, -0.15) is 0 Å². The Kier molecular flexibility index (Phi) is 3.82. The number of hydrogen-bond donors (Lipinski definition) is 1. The van der Waals surface area contributed by atoms with Crippen molar-refractivity contribution >= 4 is 26.7 Å². The van der Waals surface area contributed by atoms with Gasteiger partial charge in [0.05, 0.1) is 0 Å². The maximum Gasteiger partial charge on any atom is 0.120 e. The van der Waals surface area contributed by atoms with E-state index in [1.807, 2.05) is 24.3 Å². The van der Waals surface area contributed by atoms with E-state index in [0.717, 1.165) is 21.2 Å². The van der Waals surface area contributed by atoms with Crippen LogP contribution in [0.4, 0.5) is 0 Å². The lowest BCUT2D eigenvalue weighted by molar-refractivity contribution is 0.351. The van der Waals surface area contributed by atoms with Gasteiger partial charge in [-0.3, -0.25) is 0 Å². The van der Waals surface area contributed by atoms with E-state index in [-0.39, 0.29) is 0 Å². The van der Waals surface area contributed by atoms with Crippen molar-refractivity contribution in [2.75, 3.05) is 13.2 Å². The fraction of sp³-hybridized carbons (Fsp3) is 0.143. The van der Waals surface area contributed by atoms with E-state index in [9.17, 15) is 0 Å². The zero-order valence-corrected chi connectivity index (χ0v) is 11.0. The maximum atomic E-state index is 5.61. The third-order valence-corrected chi connectivity index (χ3v) is 3.00. The molecule has 0 amide bonds. The summed E-state index contributed by atoms with van der Waals surface area (Å²) in [7, 11) is 0. The zero-order valence-electron chi connectivity index (χ0n) is 9.45. The van der Waals surface area contributed by atoms with Crippen LogP contribution in [-0.4, -0.2) is 13.2 Å². The van der Waals surface area contributed by atoms with Crippen molar-refractivity contribution < 1.29 is 4.74 Å². The molecule has 0 unspecified atom stereocenters. The largest absolute Gasteiger partial charge is 0.489 e. The van der Waals surface area contributed by atoms with Gasteiger partial charge in [0.1, 0.15) is 12.4 Å². The van der Waals surface area contributed by atoms with Gasteiger partial charge in [-0.1, -0.05) is 34.6 Å². The highest BCUT2D eigenvalue weighted by molar-refractivity contribution is 9.10. The summed E-state index contributed by atoms with van der Waals surface area (Å²) < 4.78 is 6.68. The summed E-state index contributed by atoms with van der Waals surface area (Å²) in [5.41, 5.74) is 6.35. The van der Waals surface area contributed by atoms with Gasteiger partial charge in [0.15, 0.2) is 0 Å². The monoisotopic (exact) mass is 291 g/mol. The number of halogens is 1. The second kappa shape index (κ2) is 5.34. The number of fused-ring (bicyclic) bond motifs is 1. The van der Waals surface area contributed by atoms with E-state index >= 15 is 0 Å². The van der Waals surface area contributed by atoms with Crippen molar-refractivity contribution in [3.05, 3.63) is 53.0 Å². The Labute approximate surface area is 109 Å². The average molecular weight is 292 g/mol. The average Bonchev–Trinajstić information content (AvgIpc) is 2.35. The van der Waals surface area contributed by atoms with Crippen LogP contribution >= 0.6 is 15.9 Å². The molecule has 2 N–H and O–H groups in total. The fourth-order valence-corrected chi connectivity index (χ4v) is 1.91. The SMILES string of the molecule is C=C(CN)COc1ccc2cc(Br)ccc2c1. The standard InChI is InChI=1S/C14H14BrNO/c1-10(8-16)9-17-14-5-3-11-6-13(15)4-2-12(11)7-14/h2-7H,1,8-9,16H2. The molecule has 2 aromatic rings. The van der Waals surface area contributed by atoms with Crippen LogP contribution in [0.5, 0.6) is 5.75 Å². The molecule has 88 valence electrons. The lowest BCUT2D eigenvalue weighted by Gasteiger charge is -2.08. The number of benzene rings is 2. The number of nitrogens with two attached hydrogens (primary N) is 1. The third-order valence-electron chi connectivity index (χ3n) is 2.51. The van der Waals surface area contributed by atoms with Gasteiger partial charge in [0.25, 0.3) is 0 Å². The van der Waals surface area contributed by atoms with Crippen LogP contribution in [0.1, 0.15) is 0 Å². The lowest BCUT2D eigenvalue weighted by atomic mass is 10.1. The predicted octanol–water partition coefficient (Wildman–Crippen LogP) is 3.50. The minimum Gasteiger partial charge on any atom is -0.489 e. The highest BCUT2D eigenvalue weighted by Crippen LogP contribution is 2.24. The minimum atomic E-state index is 0.459. The molecule has 0 radical (unpaired) electrons. The van der Waals surface area contributed by atoms with Gasteiger partial charge in [0.2, 0.25) is 0 Å². The van der Waals surface area contributed by atoms with Crippen molar-refractivity contribution in [1.29, 1.82) is 0 Å². The molecule has 0 saturated carbocycles. The summed E-state index contributed by atoms with van der Waals surface area (Å²) >= 11 is 3.45. The second-order valence-corrected chi connectivity index (χ2v) is 4.81. The third kappa shape index (κ3) is 3.08. The van der Waals surface area contributed by atoms with Gasteiger partial charge in [0, 0.05) is 11.0 Å². The van der Waals surface area contributed by atoms with Crippen LogP contribution in [0.15, 0.2) is 53.0 Å². The Morgan fingerprint density at radius 3 is 2.65 bits per heavy atom. The Balaban J connectivity index is 2.20. The molecule has 0 saturated heterocycles. The van der Waals surface area contributed by atoms with Crippen LogP contribution < -0.4 is 10.5 Å². The molecule has 0 aliphatic carbocycles. The highest BCUT2D eigenvalue weighted by atomic mass is 79.9. The van der Waals surface area contributed by atoms with Gasteiger partial charge < -0.3 is 10.5 Å². The van der Waals surface area contributed by atoms with Crippen LogP contribution in [0.3, 0.4) is 0 Å². The summed E-state index contributed by atoms with van der Waals surface area (Å²) in [5, 5.41) is 2.34. The number of ether oxygens (including phenoxy) is 1. The Morgan fingerprint density at radius 1 is 1.18 bits per heavy atom. The van der Waals surface area contributed by atoms with Crippen LogP contribution in [0, 0.1) is 0 Å². The number of rotatable bonds is 4. The fourth-order valence-electron chi connectivity index (χ4n) is 1.53. The molecule has 2 rings (SSSR count). The van der Waals surface area contributed by atoms with Gasteiger partial charge in [-0.25, -0.2) is 0 Å². The number of hydrogen-bond acceptors (Lipinski definition) is 2. The molecule has 2 nitrogen and oxygen atoms in total. The minimum absolute atomic E-state index is 0.459. The molecule has 0 heterocycles. The van der Waals surface area contributed by atoms with Gasteiger partial charge in [-0.05, 0) is 40.6 Å². The molecule has 0 aromatic heterocycles. The molecular formula is C14H14BrNO. The summed E-state index contributed by atoms with van der Waals surface area (Å²) in [4.78, 5) is 0. The van der Waals surface area contributed by atoms with E-state index in [2.05, 4.69) is 34.6 Å². The summed E-state index contributed by atoms with van der Waals surface area (Å²) in [6.07, 6.45) is 0. The van der Waals surface area contributed by atoms with Crippen molar-refractivity contribution in [3.63, 3.8) is 0 Å². The Bertz CT molecular complexity index is 551. The van der Waals surface area contributed by atoms with Gasteiger partial charge >= 0.3 is 0 Å². The zero-order chi connectivity index (χ0) is 12.3. The molecule has 0 aliphatic rings. The molecule has 0 fully saturated rings. The van der Waals surface area contributed by atoms with E-state index in [4.69, 9.17) is 10.5 Å². The highest BCUT2D eigenvalue weighted by Gasteiger charge is 1.99. The van der Waals surface area contributed by atoms with Crippen LogP contribution in [0.25, 0.3) is 10.8 Å². The maximum absolute atomic E-state index is 5.61. The molecule has 17 heavy (non-hydrogen) atoms. The lowest BCUT2D eigenvalue weighted by Crippen LogP contribution is -2.09. The van der Waals surface area contributed by atoms with Crippen LogP contribution in [0.2, 0.25) is 0 Å². The van der Waals surface area contributed by atoms with E-state index in [1.54, 1.807) is 0 Å². The first-order valence-corrected chi connectivity index (χ1v) is 6.17. The molecule has 0 aliphatic heterocycles. The van der Waals surface area contributed by atoms with E-state index in [0.29, 0.717) is 13.2 Å². The normalized spacial score (nSPS) is 10.5. The first kappa shape index (κ1) is 12.1. The molecular weight excluding hydrogens is 278 g/mol. The molecule has 0 spiro atoms. The molecule has 3 heteroatoms. The molecule has 2 aromatic carbocycles. The quantitative estimate of drug-likeness (QED) is 0.875. The summed E-state index contributed by atoms with van der Waals surface area (Å²) in [6, 6.07) is 12.2. The Hall–Kier alpha value is -1.32. The second-order valence-electron chi connectivity index (χ2n) is 3.90.